The topological polar surface area (TPSA) is 67.4 Å². The van der Waals surface area contributed by atoms with Gasteiger partial charge in [-0.25, -0.2) is 13.1 Å². The molecule has 0 aliphatic heterocycles. The van der Waals surface area contributed by atoms with Crippen molar-refractivity contribution >= 4 is 10.0 Å². The van der Waals surface area contributed by atoms with E-state index in [-0.39, 0.29) is 12.6 Å². The lowest BCUT2D eigenvalue weighted by molar-refractivity contribution is 0.122. The molecule has 1 unspecified atom stereocenters. The van der Waals surface area contributed by atoms with Crippen LogP contribution in [-0.4, -0.2) is 35.2 Å². The normalized spacial score (nSPS) is 13.4. The molecule has 1 atom stereocenters. The van der Waals surface area contributed by atoms with Crippen LogP contribution in [0.2, 0.25) is 0 Å². The van der Waals surface area contributed by atoms with Crippen molar-refractivity contribution in [1.29, 1.82) is 0 Å². The number of methoxy groups -OCH3 is 1. The van der Waals surface area contributed by atoms with Crippen LogP contribution in [0.25, 0.3) is 0 Å². The largest absolute Gasteiger partial charge is 0.380 e. The summed E-state index contributed by atoms with van der Waals surface area (Å²) in [6, 6.07) is 5.56. The molecule has 5 nitrogen and oxygen atoms in total. The van der Waals surface area contributed by atoms with Crippen LogP contribution in [0.5, 0.6) is 0 Å². The molecule has 1 aromatic rings. The molecule has 0 amide bonds. The van der Waals surface area contributed by atoms with Gasteiger partial charge in [0.1, 0.15) is 0 Å². The summed E-state index contributed by atoms with van der Waals surface area (Å²) in [5.41, 5.74) is 1.77. The number of hydrogen-bond donors (Lipinski definition) is 2. The first-order valence-corrected chi connectivity index (χ1v) is 8.21. The van der Waals surface area contributed by atoms with Crippen molar-refractivity contribution in [2.75, 3.05) is 20.7 Å². The molecule has 114 valence electrons. The number of ether oxygens (including phenoxy) is 1. The highest BCUT2D eigenvalue weighted by Crippen LogP contribution is 2.18. The fourth-order valence-electron chi connectivity index (χ4n) is 1.84. The lowest BCUT2D eigenvalue weighted by Gasteiger charge is -2.14. The Labute approximate surface area is 121 Å². The van der Waals surface area contributed by atoms with Crippen LogP contribution >= 0.6 is 0 Å². The van der Waals surface area contributed by atoms with Crippen LogP contribution in [0.3, 0.4) is 0 Å². The quantitative estimate of drug-likeness (QED) is 0.759. The molecule has 0 aromatic heterocycles. The smallest absolute Gasteiger partial charge is 0.240 e. The number of rotatable bonds is 8. The number of aryl methyl sites for hydroxylation is 1. The van der Waals surface area contributed by atoms with Crippen molar-refractivity contribution in [3.63, 3.8) is 0 Å². The summed E-state index contributed by atoms with van der Waals surface area (Å²) in [7, 11) is -0.114. The maximum absolute atomic E-state index is 12.4. The maximum atomic E-state index is 12.4. The van der Waals surface area contributed by atoms with Gasteiger partial charge in [-0.15, -0.1) is 0 Å². The van der Waals surface area contributed by atoms with Crippen molar-refractivity contribution in [2.24, 2.45) is 0 Å². The summed E-state index contributed by atoms with van der Waals surface area (Å²) in [5.74, 6) is 0. The fourth-order valence-corrected chi connectivity index (χ4v) is 3.32. The molecule has 0 bridgehead atoms. The predicted molar refractivity (Wildman–Crippen MR) is 80.2 cm³/mol. The van der Waals surface area contributed by atoms with Gasteiger partial charge in [-0.05, 0) is 37.6 Å². The second kappa shape index (κ2) is 7.73. The molecule has 2 N–H and O–H groups in total. The van der Waals surface area contributed by atoms with Crippen molar-refractivity contribution in [3.05, 3.63) is 29.3 Å². The van der Waals surface area contributed by atoms with E-state index in [4.69, 9.17) is 4.74 Å². The first-order chi connectivity index (χ1) is 9.44. The van der Waals surface area contributed by atoms with Crippen molar-refractivity contribution < 1.29 is 13.2 Å². The lowest BCUT2D eigenvalue weighted by Crippen LogP contribution is -2.32. The molecule has 20 heavy (non-hydrogen) atoms. The highest BCUT2D eigenvalue weighted by Gasteiger charge is 2.19. The first kappa shape index (κ1) is 17.1. The zero-order valence-corrected chi connectivity index (χ0v) is 13.4. The minimum Gasteiger partial charge on any atom is -0.380 e. The van der Waals surface area contributed by atoms with E-state index in [1.54, 1.807) is 13.2 Å². The predicted octanol–water partition coefficient (Wildman–Crippen LogP) is 1.28. The average molecular weight is 300 g/mol. The zero-order valence-electron chi connectivity index (χ0n) is 12.6. The van der Waals surface area contributed by atoms with Crippen LogP contribution in [0.1, 0.15) is 25.0 Å². The van der Waals surface area contributed by atoms with E-state index in [9.17, 15) is 8.42 Å². The standard InChI is InChI=1S/C14H24N2O3S/c1-5-13-7-6-12(10-15-3)8-14(13)20(17,18)16-9-11(2)19-4/h6-8,11,15-16H,5,9-10H2,1-4H3. The van der Waals surface area contributed by atoms with Crippen LogP contribution in [-0.2, 0) is 27.7 Å². The summed E-state index contributed by atoms with van der Waals surface area (Å²) >= 11 is 0. The Bertz CT molecular complexity index is 529. The molecule has 1 aromatic carbocycles. The van der Waals surface area contributed by atoms with Crippen LogP contribution in [0.4, 0.5) is 0 Å². The molecular weight excluding hydrogens is 276 g/mol. The molecule has 0 aliphatic rings. The number of nitrogens with one attached hydrogen (secondary N) is 2. The van der Waals surface area contributed by atoms with E-state index in [0.29, 0.717) is 17.9 Å². The van der Waals surface area contributed by atoms with Crippen LogP contribution < -0.4 is 10.0 Å². The Morgan fingerprint density at radius 3 is 2.60 bits per heavy atom. The van der Waals surface area contributed by atoms with Crippen LogP contribution in [0, 0.1) is 0 Å². The van der Waals surface area contributed by atoms with Crippen molar-refractivity contribution in [3.8, 4) is 0 Å². The molecule has 0 radical (unpaired) electrons. The summed E-state index contributed by atoms with van der Waals surface area (Å²) in [6.07, 6.45) is 0.519. The fraction of sp³-hybridized carbons (Fsp3) is 0.571. The Hall–Kier alpha value is -0.950. The van der Waals surface area contributed by atoms with Gasteiger partial charge in [0.25, 0.3) is 0 Å². The van der Waals surface area contributed by atoms with E-state index in [1.165, 1.54) is 0 Å². The van der Waals surface area contributed by atoms with Crippen LogP contribution in [0.15, 0.2) is 23.1 Å². The number of benzene rings is 1. The summed E-state index contributed by atoms with van der Waals surface area (Å²) in [5, 5.41) is 3.02. The monoisotopic (exact) mass is 300 g/mol. The lowest BCUT2D eigenvalue weighted by atomic mass is 10.1. The molecule has 0 saturated carbocycles. The number of hydrogen-bond acceptors (Lipinski definition) is 4. The Morgan fingerprint density at radius 1 is 1.35 bits per heavy atom. The van der Waals surface area contributed by atoms with Gasteiger partial charge in [0.05, 0.1) is 11.0 Å². The first-order valence-electron chi connectivity index (χ1n) is 6.73. The van der Waals surface area contributed by atoms with E-state index in [1.807, 2.05) is 33.0 Å². The van der Waals surface area contributed by atoms with Gasteiger partial charge in [-0.3, -0.25) is 0 Å². The molecule has 0 fully saturated rings. The van der Waals surface area contributed by atoms with Crippen molar-refractivity contribution in [1.82, 2.24) is 10.0 Å². The highest BCUT2D eigenvalue weighted by atomic mass is 32.2. The van der Waals surface area contributed by atoms with E-state index in [2.05, 4.69) is 10.0 Å². The third-order valence-corrected chi connectivity index (χ3v) is 4.65. The summed E-state index contributed by atoms with van der Waals surface area (Å²) < 4.78 is 32.5. The minimum absolute atomic E-state index is 0.157. The van der Waals surface area contributed by atoms with E-state index >= 15 is 0 Å². The third kappa shape index (κ3) is 4.56. The third-order valence-electron chi connectivity index (χ3n) is 3.15. The summed E-state index contributed by atoms with van der Waals surface area (Å²) in [6.45, 7) is 4.67. The minimum atomic E-state index is -3.51. The second-order valence-corrected chi connectivity index (χ2v) is 6.46. The Balaban J connectivity index is 3.04. The zero-order chi connectivity index (χ0) is 15.2. The summed E-state index contributed by atoms with van der Waals surface area (Å²) in [4.78, 5) is 0.357. The molecular formula is C14H24N2O3S. The molecule has 0 heterocycles. The number of sulfonamides is 1. The molecule has 0 aliphatic carbocycles. The van der Waals surface area contributed by atoms with Gasteiger partial charge in [-0.1, -0.05) is 19.1 Å². The molecule has 6 heteroatoms. The maximum Gasteiger partial charge on any atom is 0.240 e. The Morgan fingerprint density at radius 2 is 2.05 bits per heavy atom. The van der Waals surface area contributed by atoms with Crippen molar-refractivity contribution in [2.45, 2.75) is 37.8 Å². The average Bonchev–Trinajstić information content (AvgIpc) is 2.45. The second-order valence-electron chi connectivity index (χ2n) is 4.72. The van der Waals surface area contributed by atoms with Gasteiger partial charge in [0.2, 0.25) is 10.0 Å². The Kier molecular flexibility index (Phi) is 6.61. The molecule has 0 saturated heterocycles. The van der Waals surface area contributed by atoms with E-state index < -0.39 is 10.0 Å². The molecule has 0 spiro atoms. The van der Waals surface area contributed by atoms with Gasteiger partial charge in [0, 0.05) is 20.2 Å². The highest BCUT2D eigenvalue weighted by molar-refractivity contribution is 7.89. The van der Waals surface area contributed by atoms with Gasteiger partial charge < -0.3 is 10.1 Å². The SMILES string of the molecule is CCc1ccc(CNC)cc1S(=O)(=O)NCC(C)OC. The van der Waals surface area contributed by atoms with Gasteiger partial charge in [-0.2, -0.15) is 0 Å². The molecule has 1 rings (SSSR count). The van der Waals surface area contributed by atoms with Gasteiger partial charge >= 0.3 is 0 Å². The van der Waals surface area contributed by atoms with E-state index in [0.717, 1.165) is 11.1 Å². The van der Waals surface area contributed by atoms with Gasteiger partial charge in [0.15, 0.2) is 0 Å².